The molecule has 2 rings (SSSR count). The number of fused-ring (bicyclic) bond motifs is 1. The van der Waals surface area contributed by atoms with Crippen LogP contribution in [0.3, 0.4) is 0 Å². The summed E-state index contributed by atoms with van der Waals surface area (Å²) in [6, 6.07) is 4.36. The van der Waals surface area contributed by atoms with Crippen molar-refractivity contribution in [2.24, 2.45) is 0 Å². The molecule has 0 radical (unpaired) electrons. The second kappa shape index (κ2) is 8.93. The fourth-order valence-corrected chi connectivity index (χ4v) is 3.09. The Balaban J connectivity index is 1.62. The van der Waals surface area contributed by atoms with Crippen LogP contribution in [0.1, 0.15) is 46.0 Å². The Labute approximate surface area is 142 Å². The van der Waals surface area contributed by atoms with Crippen molar-refractivity contribution in [3.8, 4) is 0 Å². The van der Waals surface area contributed by atoms with E-state index in [2.05, 4.69) is 41.1 Å². The lowest BCUT2D eigenvalue weighted by Gasteiger charge is -2.20. The minimum Gasteiger partial charge on any atom is -0.304 e. The van der Waals surface area contributed by atoms with Gasteiger partial charge >= 0.3 is 0 Å². The zero-order valence-electron chi connectivity index (χ0n) is 14.2. The van der Waals surface area contributed by atoms with Gasteiger partial charge in [0.05, 0.1) is 0 Å². The monoisotopic (exact) mass is 334 g/mol. The fourth-order valence-electron chi connectivity index (χ4n) is 2.26. The zero-order chi connectivity index (χ0) is 16.7. The maximum absolute atomic E-state index is 11.9. The van der Waals surface area contributed by atoms with Crippen LogP contribution in [0.5, 0.6) is 0 Å². The molecule has 0 saturated carbocycles. The molecule has 5 nitrogen and oxygen atoms in total. The van der Waals surface area contributed by atoms with Crippen LogP contribution in [-0.4, -0.2) is 40.4 Å². The average Bonchev–Trinajstić information content (AvgIpc) is 2.92. The predicted molar refractivity (Wildman–Crippen MR) is 96.9 cm³/mol. The van der Waals surface area contributed by atoms with Crippen LogP contribution >= 0.6 is 11.3 Å². The Bertz CT molecular complexity index is 593. The van der Waals surface area contributed by atoms with Crippen molar-refractivity contribution >= 4 is 32.7 Å². The van der Waals surface area contributed by atoms with Gasteiger partial charge in [0, 0.05) is 18.7 Å². The molecule has 1 amide bonds. The normalized spacial score (nSPS) is 11.5. The molecule has 2 aromatic heterocycles. The lowest BCUT2D eigenvalue weighted by atomic mass is 10.1. The second-order valence-corrected chi connectivity index (χ2v) is 7.11. The first-order chi connectivity index (χ1) is 11.1. The van der Waals surface area contributed by atoms with E-state index in [4.69, 9.17) is 0 Å². The Hall–Kier alpha value is -1.53. The van der Waals surface area contributed by atoms with Crippen LogP contribution in [0.2, 0.25) is 0 Å². The van der Waals surface area contributed by atoms with Gasteiger partial charge < -0.3 is 10.2 Å². The van der Waals surface area contributed by atoms with E-state index in [1.54, 1.807) is 6.20 Å². The van der Waals surface area contributed by atoms with Gasteiger partial charge in [0.25, 0.3) is 0 Å². The fraction of sp³-hybridized carbons (Fsp3) is 0.588. The summed E-state index contributed by atoms with van der Waals surface area (Å²) >= 11 is 1.42. The number of carbonyl (C=O) groups is 1. The molecule has 126 valence electrons. The highest BCUT2D eigenvalue weighted by Crippen LogP contribution is 2.23. The summed E-state index contributed by atoms with van der Waals surface area (Å²) in [4.78, 5) is 23.8. The van der Waals surface area contributed by atoms with Crippen molar-refractivity contribution in [2.75, 3.05) is 18.9 Å². The van der Waals surface area contributed by atoms with Crippen LogP contribution in [0, 0.1) is 0 Å². The standard InChI is InChI=1S/C17H26N4OS/c1-13(2)21(3)12-7-5-4-6-10-15(22)20-17-19-14-9-8-11-18-16(14)23-17/h8-9,11,13H,4-7,10,12H2,1-3H3,(H,19,20,22). The molecular weight excluding hydrogens is 308 g/mol. The number of hydrogen-bond acceptors (Lipinski definition) is 5. The van der Waals surface area contributed by atoms with Crippen LogP contribution in [0.4, 0.5) is 5.13 Å². The van der Waals surface area contributed by atoms with Crippen LogP contribution in [0.15, 0.2) is 18.3 Å². The van der Waals surface area contributed by atoms with Crippen LogP contribution < -0.4 is 5.32 Å². The average molecular weight is 334 g/mol. The van der Waals surface area contributed by atoms with Crippen molar-refractivity contribution in [3.63, 3.8) is 0 Å². The molecule has 0 aliphatic heterocycles. The van der Waals surface area contributed by atoms with Gasteiger partial charge in [-0.2, -0.15) is 0 Å². The van der Waals surface area contributed by atoms with Gasteiger partial charge in [-0.15, -0.1) is 0 Å². The number of hydrogen-bond donors (Lipinski definition) is 1. The molecule has 0 aliphatic rings. The number of aromatic nitrogens is 2. The minimum absolute atomic E-state index is 0.0448. The van der Waals surface area contributed by atoms with Crippen molar-refractivity contribution < 1.29 is 4.79 Å². The van der Waals surface area contributed by atoms with Crippen molar-refractivity contribution in [2.45, 2.75) is 52.0 Å². The van der Waals surface area contributed by atoms with Gasteiger partial charge in [-0.05, 0) is 52.4 Å². The lowest BCUT2D eigenvalue weighted by molar-refractivity contribution is -0.116. The number of rotatable bonds is 9. The highest BCUT2D eigenvalue weighted by Gasteiger charge is 2.08. The molecule has 6 heteroatoms. The maximum atomic E-state index is 11.9. The van der Waals surface area contributed by atoms with E-state index >= 15 is 0 Å². The molecule has 0 unspecified atom stereocenters. The first-order valence-electron chi connectivity index (χ1n) is 8.28. The summed E-state index contributed by atoms with van der Waals surface area (Å²) in [5, 5.41) is 3.52. The van der Waals surface area contributed by atoms with Crippen LogP contribution in [-0.2, 0) is 4.79 Å². The summed E-state index contributed by atoms with van der Waals surface area (Å²) in [5.74, 6) is 0.0448. The largest absolute Gasteiger partial charge is 0.304 e. The Morgan fingerprint density at radius 1 is 1.30 bits per heavy atom. The maximum Gasteiger partial charge on any atom is 0.226 e. The van der Waals surface area contributed by atoms with E-state index in [0.29, 0.717) is 17.6 Å². The number of carbonyl (C=O) groups excluding carboxylic acids is 1. The third kappa shape index (κ3) is 5.88. The number of amides is 1. The molecule has 0 saturated heterocycles. The van der Waals surface area contributed by atoms with Gasteiger partial charge in [-0.1, -0.05) is 24.2 Å². The van der Waals surface area contributed by atoms with E-state index in [1.807, 2.05) is 12.1 Å². The summed E-state index contributed by atoms with van der Waals surface area (Å²) < 4.78 is 0. The van der Waals surface area contributed by atoms with Gasteiger partial charge in [-0.25, -0.2) is 9.97 Å². The number of unbranched alkanes of at least 4 members (excludes halogenated alkanes) is 3. The Morgan fingerprint density at radius 2 is 2.09 bits per heavy atom. The second-order valence-electron chi connectivity index (χ2n) is 6.13. The molecule has 0 atom stereocenters. The molecule has 23 heavy (non-hydrogen) atoms. The third-order valence-electron chi connectivity index (χ3n) is 3.96. The summed E-state index contributed by atoms with van der Waals surface area (Å²) in [6.07, 6.45) is 6.70. The highest BCUT2D eigenvalue weighted by atomic mass is 32.1. The molecule has 2 aromatic rings. The Morgan fingerprint density at radius 3 is 2.83 bits per heavy atom. The summed E-state index contributed by atoms with van der Waals surface area (Å²) in [5.41, 5.74) is 0.835. The first-order valence-corrected chi connectivity index (χ1v) is 9.09. The van der Waals surface area contributed by atoms with Crippen molar-refractivity contribution in [1.82, 2.24) is 14.9 Å². The number of nitrogens with one attached hydrogen (secondary N) is 1. The zero-order valence-corrected chi connectivity index (χ0v) is 15.0. The molecule has 2 heterocycles. The van der Waals surface area contributed by atoms with Crippen molar-refractivity contribution in [3.05, 3.63) is 18.3 Å². The Kier molecular flexibility index (Phi) is 6.92. The van der Waals surface area contributed by atoms with E-state index in [0.717, 1.165) is 29.7 Å². The molecule has 0 fully saturated rings. The molecule has 0 bridgehead atoms. The van der Waals surface area contributed by atoms with Gasteiger partial charge in [0.1, 0.15) is 10.3 Å². The smallest absolute Gasteiger partial charge is 0.226 e. The topological polar surface area (TPSA) is 58.1 Å². The van der Waals surface area contributed by atoms with E-state index < -0.39 is 0 Å². The van der Waals surface area contributed by atoms with Gasteiger partial charge in [-0.3, -0.25) is 4.79 Å². The quantitative estimate of drug-likeness (QED) is 0.706. The van der Waals surface area contributed by atoms with E-state index in [-0.39, 0.29) is 5.91 Å². The molecule has 0 aromatic carbocycles. The van der Waals surface area contributed by atoms with E-state index in [9.17, 15) is 4.79 Å². The third-order valence-corrected chi connectivity index (χ3v) is 4.85. The minimum atomic E-state index is 0.0448. The van der Waals surface area contributed by atoms with Crippen LogP contribution in [0.25, 0.3) is 10.3 Å². The van der Waals surface area contributed by atoms with Gasteiger partial charge in [0.15, 0.2) is 5.13 Å². The summed E-state index contributed by atoms with van der Waals surface area (Å²) in [7, 11) is 2.16. The van der Waals surface area contributed by atoms with Crippen molar-refractivity contribution in [1.29, 1.82) is 0 Å². The first kappa shape index (κ1) is 17.8. The van der Waals surface area contributed by atoms with Gasteiger partial charge in [0.2, 0.25) is 5.91 Å². The van der Waals surface area contributed by atoms with E-state index in [1.165, 1.54) is 24.2 Å². The lowest BCUT2D eigenvalue weighted by Crippen LogP contribution is -2.27. The number of pyridine rings is 1. The predicted octanol–water partition coefficient (Wildman–Crippen LogP) is 3.92. The summed E-state index contributed by atoms with van der Waals surface area (Å²) in [6.45, 7) is 5.55. The molecule has 0 aliphatic carbocycles. The molecular formula is C17H26N4OS. The highest BCUT2D eigenvalue weighted by molar-refractivity contribution is 7.21. The number of nitrogens with zero attached hydrogens (tertiary/aromatic N) is 3. The molecule has 0 spiro atoms. The SMILES string of the molecule is CC(C)N(C)CCCCCCC(=O)Nc1nc2cccnc2s1. The number of anilines is 1. The number of thiazole rings is 1. The molecule has 1 N–H and O–H groups in total.